The second kappa shape index (κ2) is 8.64. The monoisotopic (exact) mass is 422 g/mol. The van der Waals surface area contributed by atoms with Gasteiger partial charge in [0.15, 0.2) is 0 Å². The molecular weight excluding hydrogens is 404 g/mol. The van der Waals surface area contributed by atoms with E-state index in [1.807, 2.05) is 49.4 Å². The summed E-state index contributed by atoms with van der Waals surface area (Å²) in [6.07, 6.45) is 0.912. The molecule has 6 heteroatoms. The summed E-state index contributed by atoms with van der Waals surface area (Å²) in [5.74, 6) is 0.482. The van der Waals surface area contributed by atoms with Crippen molar-refractivity contribution in [3.05, 3.63) is 77.3 Å². The molecule has 0 atom stereocenters. The van der Waals surface area contributed by atoms with Crippen LogP contribution in [0.4, 0.5) is 5.69 Å². The average molecular weight is 423 g/mol. The number of thiazole rings is 1. The number of hydrogen-bond donors (Lipinski definition) is 1. The third-order valence-electron chi connectivity index (χ3n) is 4.32. The Morgan fingerprint density at radius 2 is 1.97 bits per heavy atom. The van der Waals surface area contributed by atoms with Gasteiger partial charge in [-0.1, -0.05) is 36.7 Å². The maximum Gasteiger partial charge on any atom is 0.255 e. The fourth-order valence-corrected chi connectivity index (χ4v) is 4.16. The molecule has 4 aromatic rings. The van der Waals surface area contributed by atoms with Crippen LogP contribution < -0.4 is 10.1 Å². The number of halogens is 1. The molecule has 0 spiro atoms. The Balaban J connectivity index is 1.58. The van der Waals surface area contributed by atoms with Crippen molar-refractivity contribution >= 4 is 44.7 Å². The van der Waals surface area contributed by atoms with Gasteiger partial charge in [0.25, 0.3) is 5.91 Å². The van der Waals surface area contributed by atoms with E-state index in [-0.39, 0.29) is 5.91 Å². The minimum atomic E-state index is -0.204. The summed E-state index contributed by atoms with van der Waals surface area (Å²) in [6, 6.07) is 20.5. The standard InChI is InChI=1S/C23H19ClN2O2S/c1-2-12-28-17-7-5-6-15(13-17)22(27)25-16-10-11-19(24)18(14-16)23-26-20-8-3-4-9-21(20)29-23/h3-11,13-14H,2,12H2,1H3,(H,25,27). The van der Waals surface area contributed by atoms with E-state index in [1.165, 1.54) is 0 Å². The van der Waals surface area contributed by atoms with Crippen molar-refractivity contribution in [2.24, 2.45) is 0 Å². The van der Waals surface area contributed by atoms with Crippen LogP contribution in [0.2, 0.25) is 5.02 Å². The molecule has 0 bridgehead atoms. The molecule has 0 unspecified atom stereocenters. The van der Waals surface area contributed by atoms with Crippen molar-refractivity contribution in [1.82, 2.24) is 4.98 Å². The van der Waals surface area contributed by atoms with E-state index in [4.69, 9.17) is 16.3 Å². The van der Waals surface area contributed by atoms with E-state index < -0.39 is 0 Å². The van der Waals surface area contributed by atoms with E-state index in [1.54, 1.807) is 35.6 Å². The summed E-state index contributed by atoms with van der Waals surface area (Å²) in [4.78, 5) is 17.4. The van der Waals surface area contributed by atoms with Crippen LogP contribution in [0.15, 0.2) is 66.7 Å². The Bertz CT molecular complexity index is 1140. The molecule has 0 aliphatic rings. The molecule has 1 amide bonds. The first kappa shape index (κ1) is 19.4. The van der Waals surface area contributed by atoms with Gasteiger partial charge in [-0.15, -0.1) is 11.3 Å². The molecular formula is C23H19ClN2O2S. The average Bonchev–Trinajstić information content (AvgIpc) is 3.18. The van der Waals surface area contributed by atoms with Crippen molar-refractivity contribution in [3.8, 4) is 16.3 Å². The number of carbonyl (C=O) groups is 1. The zero-order valence-corrected chi connectivity index (χ0v) is 17.4. The number of ether oxygens (including phenoxy) is 1. The van der Waals surface area contributed by atoms with Crippen molar-refractivity contribution in [3.63, 3.8) is 0 Å². The van der Waals surface area contributed by atoms with Crippen molar-refractivity contribution in [1.29, 1.82) is 0 Å². The van der Waals surface area contributed by atoms with Gasteiger partial charge in [-0.05, 0) is 55.0 Å². The van der Waals surface area contributed by atoms with E-state index in [9.17, 15) is 4.79 Å². The lowest BCUT2D eigenvalue weighted by Crippen LogP contribution is -2.12. The molecule has 1 heterocycles. The second-order valence-electron chi connectivity index (χ2n) is 6.51. The van der Waals surface area contributed by atoms with Crippen LogP contribution in [0.3, 0.4) is 0 Å². The highest BCUT2D eigenvalue weighted by atomic mass is 35.5. The molecule has 0 saturated carbocycles. The van der Waals surface area contributed by atoms with Gasteiger partial charge < -0.3 is 10.1 Å². The number of carbonyl (C=O) groups excluding carboxylic acids is 1. The number of nitrogens with zero attached hydrogens (tertiary/aromatic N) is 1. The van der Waals surface area contributed by atoms with Gasteiger partial charge in [0.05, 0.1) is 21.8 Å². The van der Waals surface area contributed by atoms with Crippen LogP contribution in [0, 0.1) is 0 Å². The second-order valence-corrected chi connectivity index (χ2v) is 7.95. The van der Waals surface area contributed by atoms with Crippen LogP contribution in [0.1, 0.15) is 23.7 Å². The maximum absolute atomic E-state index is 12.7. The third kappa shape index (κ3) is 4.42. The van der Waals surface area contributed by atoms with Gasteiger partial charge in [-0.3, -0.25) is 4.79 Å². The molecule has 3 aromatic carbocycles. The first-order chi connectivity index (χ1) is 14.1. The SMILES string of the molecule is CCCOc1cccc(C(=O)Nc2ccc(Cl)c(-c3nc4ccccc4s3)c2)c1. The number of rotatable bonds is 6. The number of anilines is 1. The van der Waals surface area contributed by atoms with Crippen LogP contribution in [0.25, 0.3) is 20.8 Å². The number of nitrogens with one attached hydrogen (secondary N) is 1. The first-order valence-electron chi connectivity index (χ1n) is 9.34. The minimum absolute atomic E-state index is 0.204. The number of amides is 1. The topological polar surface area (TPSA) is 51.2 Å². The van der Waals surface area contributed by atoms with E-state index in [2.05, 4.69) is 10.3 Å². The summed E-state index contributed by atoms with van der Waals surface area (Å²) in [6.45, 7) is 2.66. The number of aromatic nitrogens is 1. The van der Waals surface area contributed by atoms with Gasteiger partial charge in [-0.2, -0.15) is 0 Å². The summed E-state index contributed by atoms with van der Waals surface area (Å²) in [5.41, 5.74) is 2.93. The normalized spacial score (nSPS) is 10.8. The van der Waals surface area contributed by atoms with Crippen LogP contribution >= 0.6 is 22.9 Å². The number of para-hydroxylation sites is 1. The molecule has 0 aliphatic carbocycles. The zero-order valence-electron chi connectivity index (χ0n) is 15.8. The van der Waals surface area contributed by atoms with Crippen molar-refractivity contribution in [2.45, 2.75) is 13.3 Å². The number of benzene rings is 3. The zero-order chi connectivity index (χ0) is 20.2. The van der Waals surface area contributed by atoms with Crippen molar-refractivity contribution in [2.75, 3.05) is 11.9 Å². The molecule has 0 fully saturated rings. The Labute approximate surface area is 178 Å². The fraction of sp³-hybridized carbons (Fsp3) is 0.130. The summed E-state index contributed by atoms with van der Waals surface area (Å²) in [7, 11) is 0. The highest BCUT2D eigenvalue weighted by molar-refractivity contribution is 7.21. The molecule has 0 radical (unpaired) electrons. The fourth-order valence-electron chi connectivity index (χ4n) is 2.90. The van der Waals surface area contributed by atoms with Crippen LogP contribution in [-0.4, -0.2) is 17.5 Å². The number of hydrogen-bond acceptors (Lipinski definition) is 4. The van der Waals surface area contributed by atoms with Crippen molar-refractivity contribution < 1.29 is 9.53 Å². The molecule has 1 aromatic heterocycles. The quantitative estimate of drug-likeness (QED) is 0.378. The Kier molecular flexibility index (Phi) is 5.79. The largest absolute Gasteiger partial charge is 0.494 e. The van der Waals surface area contributed by atoms with Gasteiger partial charge in [0, 0.05) is 16.8 Å². The van der Waals surface area contributed by atoms with E-state index in [0.717, 1.165) is 27.2 Å². The molecule has 1 N–H and O–H groups in total. The lowest BCUT2D eigenvalue weighted by Gasteiger charge is -2.09. The molecule has 0 aliphatic heterocycles. The van der Waals surface area contributed by atoms with E-state index >= 15 is 0 Å². The van der Waals surface area contributed by atoms with Gasteiger partial charge in [0.1, 0.15) is 10.8 Å². The molecule has 146 valence electrons. The Hall–Kier alpha value is -2.89. The predicted octanol–water partition coefficient (Wildman–Crippen LogP) is 6.66. The highest BCUT2D eigenvalue weighted by Gasteiger charge is 2.13. The maximum atomic E-state index is 12.7. The Morgan fingerprint density at radius 3 is 2.79 bits per heavy atom. The van der Waals surface area contributed by atoms with Gasteiger partial charge in [-0.25, -0.2) is 4.98 Å². The van der Waals surface area contributed by atoms with Crippen LogP contribution in [-0.2, 0) is 0 Å². The first-order valence-corrected chi connectivity index (χ1v) is 10.5. The van der Waals surface area contributed by atoms with E-state index in [0.29, 0.717) is 28.6 Å². The lowest BCUT2D eigenvalue weighted by molar-refractivity contribution is 0.102. The molecule has 29 heavy (non-hydrogen) atoms. The van der Waals surface area contributed by atoms with Gasteiger partial charge >= 0.3 is 0 Å². The molecule has 4 nitrogen and oxygen atoms in total. The summed E-state index contributed by atoms with van der Waals surface area (Å²) in [5, 5.41) is 4.35. The Morgan fingerprint density at radius 1 is 1.10 bits per heavy atom. The smallest absolute Gasteiger partial charge is 0.255 e. The molecule has 4 rings (SSSR count). The highest BCUT2D eigenvalue weighted by Crippen LogP contribution is 2.36. The minimum Gasteiger partial charge on any atom is -0.494 e. The van der Waals surface area contributed by atoms with Gasteiger partial charge in [0.2, 0.25) is 0 Å². The summed E-state index contributed by atoms with van der Waals surface area (Å²) < 4.78 is 6.71. The number of fused-ring (bicyclic) bond motifs is 1. The third-order valence-corrected chi connectivity index (χ3v) is 5.72. The summed E-state index contributed by atoms with van der Waals surface area (Å²) >= 11 is 7.99. The van der Waals surface area contributed by atoms with Crippen LogP contribution in [0.5, 0.6) is 5.75 Å². The molecule has 0 saturated heterocycles. The predicted molar refractivity (Wildman–Crippen MR) is 120 cm³/mol. The lowest BCUT2D eigenvalue weighted by atomic mass is 10.1.